The highest BCUT2D eigenvalue weighted by Crippen LogP contribution is 2.11. The number of aliphatic hydroxyl groups is 1. The molecule has 0 saturated heterocycles. The molecule has 0 aliphatic carbocycles. The molecule has 0 aromatic heterocycles. The summed E-state index contributed by atoms with van der Waals surface area (Å²) in [6.45, 7) is 0.939. The zero-order valence-corrected chi connectivity index (χ0v) is 7.43. The highest BCUT2D eigenvalue weighted by molar-refractivity contribution is 6.16. The lowest BCUT2D eigenvalue weighted by atomic mass is 10.3. The largest absolute Gasteiger partial charge is 0.479 e. The zero-order chi connectivity index (χ0) is 10.9. The number of nitrogens with zero attached hydrogens (tertiary/aromatic N) is 1. The van der Waals surface area contributed by atoms with Gasteiger partial charge in [-0.3, -0.25) is 14.5 Å². The second kappa shape index (κ2) is 3.59. The number of aliphatic hydroxyl groups excluding tert-OH is 1. The summed E-state index contributed by atoms with van der Waals surface area (Å²) in [6.07, 6.45) is -0.626. The van der Waals surface area contributed by atoms with E-state index in [2.05, 4.69) is 0 Å². The maximum Gasteiger partial charge on any atom is 0.334 e. The summed E-state index contributed by atoms with van der Waals surface area (Å²) in [6, 6.07) is 0. The molecule has 0 aromatic carbocycles. The summed E-state index contributed by atoms with van der Waals surface area (Å²) in [4.78, 5) is 33.3. The standard InChI is InChI=1S/C8H9NO5/c1-4-2-6(11)9(7(4)12)3-5(10)8(13)14/h2,5,10H,3H2,1H3,(H,13,14). The molecule has 6 heteroatoms. The van der Waals surface area contributed by atoms with Crippen LogP contribution in [0.15, 0.2) is 11.6 Å². The number of aliphatic carboxylic acids is 1. The number of imide groups is 1. The molecule has 2 N–H and O–H groups in total. The summed E-state index contributed by atoms with van der Waals surface area (Å²) in [7, 11) is 0. The van der Waals surface area contributed by atoms with Crippen molar-refractivity contribution >= 4 is 17.8 Å². The number of hydrogen-bond acceptors (Lipinski definition) is 4. The third kappa shape index (κ3) is 1.80. The number of β-amino-alcohol motifs (C(OH)–C–C–N with tert-alkyl or cyclic N) is 1. The Labute approximate surface area is 79.4 Å². The average molecular weight is 199 g/mol. The molecule has 1 aliphatic rings. The molecule has 2 amide bonds. The van der Waals surface area contributed by atoms with E-state index in [-0.39, 0.29) is 5.57 Å². The molecule has 1 rings (SSSR count). The van der Waals surface area contributed by atoms with E-state index in [9.17, 15) is 14.4 Å². The van der Waals surface area contributed by atoms with Crippen LogP contribution in [-0.2, 0) is 14.4 Å². The van der Waals surface area contributed by atoms with Crippen molar-refractivity contribution in [1.29, 1.82) is 0 Å². The summed E-state index contributed by atoms with van der Waals surface area (Å²) in [5, 5.41) is 17.3. The molecule has 14 heavy (non-hydrogen) atoms. The smallest absolute Gasteiger partial charge is 0.334 e. The van der Waals surface area contributed by atoms with Gasteiger partial charge in [0.2, 0.25) is 0 Å². The quantitative estimate of drug-likeness (QED) is 0.553. The number of carbonyl (C=O) groups is 3. The number of carboxylic acids is 1. The first kappa shape index (κ1) is 10.4. The van der Waals surface area contributed by atoms with Gasteiger partial charge >= 0.3 is 5.97 Å². The summed E-state index contributed by atoms with van der Waals surface area (Å²) in [5.74, 6) is -2.61. The minimum absolute atomic E-state index is 0.243. The number of amides is 2. The fourth-order valence-electron chi connectivity index (χ4n) is 1.06. The van der Waals surface area contributed by atoms with E-state index in [4.69, 9.17) is 10.2 Å². The van der Waals surface area contributed by atoms with Crippen LogP contribution in [0.1, 0.15) is 6.92 Å². The van der Waals surface area contributed by atoms with Crippen LogP contribution in [0, 0.1) is 0 Å². The van der Waals surface area contributed by atoms with Gasteiger partial charge < -0.3 is 10.2 Å². The van der Waals surface area contributed by atoms with E-state index in [1.54, 1.807) is 0 Å². The van der Waals surface area contributed by atoms with Crippen molar-refractivity contribution in [2.45, 2.75) is 13.0 Å². The first-order chi connectivity index (χ1) is 6.43. The van der Waals surface area contributed by atoms with Gasteiger partial charge in [-0.2, -0.15) is 0 Å². The van der Waals surface area contributed by atoms with Crippen molar-refractivity contribution in [3.05, 3.63) is 11.6 Å². The van der Waals surface area contributed by atoms with Crippen LogP contribution in [0.3, 0.4) is 0 Å². The van der Waals surface area contributed by atoms with Gasteiger partial charge in [-0.25, -0.2) is 4.79 Å². The van der Waals surface area contributed by atoms with Crippen LogP contribution in [-0.4, -0.2) is 45.5 Å². The first-order valence-electron chi connectivity index (χ1n) is 3.88. The first-order valence-corrected chi connectivity index (χ1v) is 3.88. The Morgan fingerprint density at radius 1 is 1.57 bits per heavy atom. The Bertz CT molecular complexity index is 333. The predicted molar refractivity (Wildman–Crippen MR) is 44.1 cm³/mol. The van der Waals surface area contributed by atoms with Crippen molar-refractivity contribution in [2.75, 3.05) is 6.54 Å². The Morgan fingerprint density at radius 3 is 2.50 bits per heavy atom. The molecular weight excluding hydrogens is 190 g/mol. The predicted octanol–water partition coefficient (Wildman–Crippen LogP) is -1.25. The topological polar surface area (TPSA) is 94.9 Å². The lowest BCUT2D eigenvalue weighted by molar-refractivity contribution is -0.150. The van der Waals surface area contributed by atoms with Gasteiger partial charge in [0.25, 0.3) is 11.8 Å². The summed E-state index contributed by atoms with van der Waals surface area (Å²) in [5.41, 5.74) is 0.243. The van der Waals surface area contributed by atoms with E-state index >= 15 is 0 Å². The van der Waals surface area contributed by atoms with Gasteiger partial charge in [0.1, 0.15) is 0 Å². The third-order valence-electron chi connectivity index (χ3n) is 1.83. The van der Waals surface area contributed by atoms with E-state index < -0.39 is 30.4 Å². The lowest BCUT2D eigenvalue weighted by Crippen LogP contribution is -2.40. The van der Waals surface area contributed by atoms with E-state index in [1.807, 2.05) is 0 Å². The minimum Gasteiger partial charge on any atom is -0.479 e. The van der Waals surface area contributed by atoms with Gasteiger partial charge in [0, 0.05) is 11.6 Å². The van der Waals surface area contributed by atoms with Crippen LogP contribution >= 0.6 is 0 Å². The van der Waals surface area contributed by atoms with Gasteiger partial charge in [-0.1, -0.05) is 0 Å². The van der Waals surface area contributed by atoms with Crippen molar-refractivity contribution in [3.8, 4) is 0 Å². The highest BCUT2D eigenvalue weighted by atomic mass is 16.4. The molecule has 6 nitrogen and oxygen atoms in total. The normalized spacial score (nSPS) is 18.4. The Morgan fingerprint density at radius 2 is 2.14 bits per heavy atom. The molecule has 1 aliphatic heterocycles. The Balaban J connectivity index is 2.69. The maximum atomic E-state index is 11.2. The second-order valence-electron chi connectivity index (χ2n) is 2.94. The van der Waals surface area contributed by atoms with E-state index in [1.165, 1.54) is 6.92 Å². The molecule has 0 spiro atoms. The van der Waals surface area contributed by atoms with Crippen molar-refractivity contribution < 1.29 is 24.6 Å². The van der Waals surface area contributed by atoms with Crippen molar-refractivity contribution in [1.82, 2.24) is 4.90 Å². The monoisotopic (exact) mass is 199 g/mol. The highest BCUT2D eigenvalue weighted by Gasteiger charge is 2.31. The second-order valence-corrected chi connectivity index (χ2v) is 2.94. The minimum atomic E-state index is -1.73. The summed E-state index contributed by atoms with van der Waals surface area (Å²) < 4.78 is 0. The number of hydrogen-bond donors (Lipinski definition) is 2. The third-order valence-corrected chi connectivity index (χ3v) is 1.83. The maximum absolute atomic E-state index is 11.2. The van der Waals surface area contributed by atoms with Crippen LogP contribution < -0.4 is 0 Å². The molecule has 0 fully saturated rings. The fourth-order valence-corrected chi connectivity index (χ4v) is 1.06. The zero-order valence-electron chi connectivity index (χ0n) is 7.43. The Kier molecular flexibility index (Phi) is 2.66. The van der Waals surface area contributed by atoms with Crippen LogP contribution in [0.5, 0.6) is 0 Å². The van der Waals surface area contributed by atoms with E-state index in [0.717, 1.165) is 6.08 Å². The Hall–Kier alpha value is -1.69. The molecule has 76 valence electrons. The van der Waals surface area contributed by atoms with Gasteiger partial charge in [0.05, 0.1) is 6.54 Å². The van der Waals surface area contributed by atoms with E-state index in [0.29, 0.717) is 4.90 Å². The molecule has 1 heterocycles. The van der Waals surface area contributed by atoms with Crippen molar-refractivity contribution in [3.63, 3.8) is 0 Å². The van der Waals surface area contributed by atoms with Gasteiger partial charge in [-0.15, -0.1) is 0 Å². The molecule has 1 atom stereocenters. The van der Waals surface area contributed by atoms with Gasteiger partial charge in [-0.05, 0) is 6.92 Å². The van der Waals surface area contributed by atoms with Crippen LogP contribution in [0.25, 0.3) is 0 Å². The lowest BCUT2D eigenvalue weighted by Gasteiger charge is -2.15. The molecule has 1 unspecified atom stereocenters. The fraction of sp³-hybridized carbons (Fsp3) is 0.375. The summed E-state index contributed by atoms with van der Waals surface area (Å²) >= 11 is 0. The molecule has 0 saturated carbocycles. The molecule has 0 aromatic rings. The number of carbonyl (C=O) groups excluding carboxylic acids is 2. The van der Waals surface area contributed by atoms with Crippen LogP contribution in [0.4, 0.5) is 0 Å². The van der Waals surface area contributed by atoms with Crippen molar-refractivity contribution in [2.24, 2.45) is 0 Å². The SMILES string of the molecule is CC1=CC(=O)N(CC(O)C(=O)O)C1=O. The number of rotatable bonds is 3. The molecule has 0 radical (unpaired) electrons. The number of carboxylic acid groups (broad SMARTS) is 1. The average Bonchev–Trinajstić information content (AvgIpc) is 2.32. The molecule has 0 bridgehead atoms. The van der Waals surface area contributed by atoms with Crippen LogP contribution in [0.2, 0.25) is 0 Å². The van der Waals surface area contributed by atoms with Gasteiger partial charge in [0.15, 0.2) is 6.10 Å². The molecular formula is C8H9NO5.